The molecular formula is C7H3FLi2O2. The number of carboxylic acid groups (broad SMARTS) is 1. The largest absolute Gasteiger partial charge is 1.00 e. The second-order valence-corrected chi connectivity index (χ2v) is 1.71. The normalized spacial score (nSPS) is 7.75. The van der Waals surface area contributed by atoms with Gasteiger partial charge in [0.25, 0.3) is 0 Å². The van der Waals surface area contributed by atoms with E-state index in [1.165, 1.54) is 0 Å². The van der Waals surface area contributed by atoms with Gasteiger partial charge in [-0.05, 0) is 0 Å². The van der Waals surface area contributed by atoms with Gasteiger partial charge in [-0.1, -0.05) is 0 Å². The van der Waals surface area contributed by atoms with E-state index in [-0.39, 0.29) is 43.3 Å². The van der Waals surface area contributed by atoms with E-state index in [4.69, 9.17) is 0 Å². The molecule has 0 aliphatic rings. The van der Waals surface area contributed by atoms with Crippen LogP contribution in [0.25, 0.3) is 0 Å². The molecule has 1 rings (SSSR count). The van der Waals surface area contributed by atoms with Crippen molar-refractivity contribution in [1.82, 2.24) is 0 Å². The van der Waals surface area contributed by atoms with Crippen LogP contribution in [-0.4, -0.2) is 5.97 Å². The molecule has 12 heavy (non-hydrogen) atoms. The number of halogens is 1. The minimum atomic E-state index is -1.32. The van der Waals surface area contributed by atoms with Gasteiger partial charge in [-0.15, -0.1) is 17.7 Å². The average Bonchev–Trinajstić information content (AvgIpc) is 1.88. The van der Waals surface area contributed by atoms with Gasteiger partial charge in [0.2, 0.25) is 0 Å². The van der Waals surface area contributed by atoms with Crippen molar-refractivity contribution in [2.45, 2.75) is 0 Å². The Kier molecular flexibility index (Phi) is 7.58. The molecule has 0 aromatic heterocycles. The van der Waals surface area contributed by atoms with Gasteiger partial charge in [0.05, 0.1) is 0 Å². The van der Waals surface area contributed by atoms with Crippen molar-refractivity contribution in [1.29, 1.82) is 0 Å². The summed E-state index contributed by atoms with van der Waals surface area (Å²) in [7, 11) is 0. The minimum Gasteiger partial charge on any atom is -0.559 e. The van der Waals surface area contributed by atoms with Gasteiger partial charge >= 0.3 is 37.7 Å². The average molecular weight is 152 g/mol. The molecule has 0 unspecified atom stereocenters. The SMILES string of the molecule is O=C([O-])c1c[c-]c(F)cc1.[Li+].[Li+]. The summed E-state index contributed by atoms with van der Waals surface area (Å²) in [6.07, 6.45) is 0. The minimum absolute atomic E-state index is 0. The van der Waals surface area contributed by atoms with Crippen LogP contribution in [0.15, 0.2) is 18.2 Å². The Morgan fingerprint density at radius 3 is 2.33 bits per heavy atom. The van der Waals surface area contributed by atoms with Crippen molar-refractivity contribution < 1.29 is 52.0 Å². The van der Waals surface area contributed by atoms with E-state index in [9.17, 15) is 14.3 Å². The van der Waals surface area contributed by atoms with Gasteiger partial charge in [-0.25, -0.2) is 4.39 Å². The Morgan fingerprint density at radius 2 is 2.00 bits per heavy atom. The Hall–Kier alpha value is -0.185. The first-order valence-electron chi connectivity index (χ1n) is 2.59. The van der Waals surface area contributed by atoms with Crippen molar-refractivity contribution in [2.24, 2.45) is 0 Å². The van der Waals surface area contributed by atoms with Crippen molar-refractivity contribution in [2.75, 3.05) is 0 Å². The van der Waals surface area contributed by atoms with Crippen LogP contribution in [0.4, 0.5) is 4.39 Å². The number of carbonyl (C=O) groups is 1. The quantitative estimate of drug-likeness (QED) is 0.297. The van der Waals surface area contributed by atoms with Crippen molar-refractivity contribution in [3.8, 4) is 0 Å². The Morgan fingerprint density at radius 1 is 1.42 bits per heavy atom. The molecule has 0 N–H and O–H groups in total. The molecule has 0 amide bonds. The smallest absolute Gasteiger partial charge is 0.559 e. The molecule has 0 fully saturated rings. The summed E-state index contributed by atoms with van der Waals surface area (Å²) in [5.41, 5.74) is -0.0681. The zero-order valence-corrected chi connectivity index (χ0v) is 6.93. The number of rotatable bonds is 1. The number of benzene rings is 1. The number of aromatic carboxylic acids is 1. The topological polar surface area (TPSA) is 40.1 Å². The summed E-state index contributed by atoms with van der Waals surface area (Å²) in [5.74, 6) is -1.90. The van der Waals surface area contributed by atoms with Gasteiger partial charge in [0.1, 0.15) is 0 Å². The predicted molar refractivity (Wildman–Crippen MR) is 29.6 cm³/mol. The maximum atomic E-state index is 12.1. The van der Waals surface area contributed by atoms with Crippen LogP contribution >= 0.6 is 0 Å². The predicted octanol–water partition coefficient (Wildman–Crippen LogP) is -6.00. The van der Waals surface area contributed by atoms with Gasteiger partial charge in [0, 0.05) is 11.8 Å². The second kappa shape index (κ2) is 6.34. The van der Waals surface area contributed by atoms with Crippen molar-refractivity contribution >= 4 is 5.97 Å². The molecule has 2 nitrogen and oxygen atoms in total. The number of hydrogen-bond donors (Lipinski definition) is 0. The Balaban J connectivity index is 0. The molecule has 52 valence electrons. The van der Waals surface area contributed by atoms with Crippen LogP contribution in [0.5, 0.6) is 0 Å². The third-order valence-electron chi connectivity index (χ3n) is 1.01. The fourth-order valence-corrected chi connectivity index (χ4v) is 0.533. The molecule has 1 aromatic carbocycles. The monoisotopic (exact) mass is 152 g/mol. The summed E-state index contributed by atoms with van der Waals surface area (Å²) in [5, 5.41) is 10.1. The van der Waals surface area contributed by atoms with E-state index >= 15 is 0 Å². The van der Waals surface area contributed by atoms with E-state index in [1.807, 2.05) is 0 Å². The summed E-state index contributed by atoms with van der Waals surface area (Å²) in [6.45, 7) is 0. The van der Waals surface area contributed by atoms with Crippen molar-refractivity contribution in [3.05, 3.63) is 35.6 Å². The molecule has 0 radical (unpaired) electrons. The van der Waals surface area contributed by atoms with Crippen LogP contribution in [0.3, 0.4) is 0 Å². The standard InChI is InChI=1S/C7H4FO2.2Li/c8-6-3-1-5(2-4-6)7(9)10;;/h1-3H,(H,9,10);;/q-1;2*+1/p-1. The van der Waals surface area contributed by atoms with Gasteiger partial charge in [0.15, 0.2) is 0 Å². The summed E-state index contributed by atoms with van der Waals surface area (Å²) >= 11 is 0. The van der Waals surface area contributed by atoms with E-state index in [1.54, 1.807) is 0 Å². The van der Waals surface area contributed by atoms with Gasteiger partial charge in [-0.2, -0.15) is 12.1 Å². The molecule has 0 spiro atoms. The Bertz CT molecular complexity index is 248. The summed E-state index contributed by atoms with van der Waals surface area (Å²) in [4.78, 5) is 10.1. The maximum Gasteiger partial charge on any atom is 1.00 e. The first kappa shape index (κ1) is 14.3. The second-order valence-electron chi connectivity index (χ2n) is 1.71. The molecule has 0 saturated carbocycles. The van der Waals surface area contributed by atoms with Crippen LogP contribution < -0.4 is 42.8 Å². The molecule has 5 heteroatoms. The summed E-state index contributed by atoms with van der Waals surface area (Å²) in [6, 6.07) is 5.27. The van der Waals surface area contributed by atoms with Crippen molar-refractivity contribution in [3.63, 3.8) is 0 Å². The third kappa shape index (κ3) is 4.00. The molecule has 0 bridgehead atoms. The van der Waals surface area contributed by atoms with Gasteiger partial charge < -0.3 is 9.90 Å². The zero-order valence-electron chi connectivity index (χ0n) is 6.93. The summed E-state index contributed by atoms with van der Waals surface area (Å²) < 4.78 is 12.1. The molecule has 0 aliphatic carbocycles. The maximum absolute atomic E-state index is 12.1. The first-order chi connectivity index (χ1) is 4.70. The fraction of sp³-hybridized carbons (Fsp3) is 0. The number of carboxylic acids is 1. The third-order valence-corrected chi connectivity index (χ3v) is 1.01. The zero-order chi connectivity index (χ0) is 7.56. The van der Waals surface area contributed by atoms with E-state index in [0.29, 0.717) is 0 Å². The van der Waals surface area contributed by atoms with E-state index in [0.717, 1.165) is 18.2 Å². The van der Waals surface area contributed by atoms with Crippen LogP contribution in [0.1, 0.15) is 10.4 Å². The first-order valence-corrected chi connectivity index (χ1v) is 2.59. The molecule has 0 saturated heterocycles. The number of carbonyl (C=O) groups excluding carboxylic acids is 1. The molecule has 0 atom stereocenters. The van der Waals surface area contributed by atoms with Crippen LogP contribution in [-0.2, 0) is 0 Å². The molecule has 0 aliphatic heterocycles. The van der Waals surface area contributed by atoms with Gasteiger partial charge in [-0.3, -0.25) is 0 Å². The fourth-order valence-electron chi connectivity index (χ4n) is 0.533. The van der Waals surface area contributed by atoms with E-state index in [2.05, 4.69) is 6.07 Å². The van der Waals surface area contributed by atoms with Crippen LogP contribution in [0.2, 0.25) is 0 Å². The molecule has 1 aromatic rings. The molecule has 0 heterocycles. The van der Waals surface area contributed by atoms with Crippen LogP contribution in [0, 0.1) is 11.9 Å². The van der Waals surface area contributed by atoms with E-state index < -0.39 is 11.8 Å². The number of hydrogen-bond acceptors (Lipinski definition) is 2. The Labute approximate surface area is 93.5 Å². The molecular weight excluding hydrogens is 149 g/mol.